The quantitative estimate of drug-likeness (QED) is 0.574. The van der Waals surface area contributed by atoms with Crippen LogP contribution in [0.3, 0.4) is 0 Å². The third kappa shape index (κ3) is 5.06. The number of hydrogen-bond donors (Lipinski definition) is 1. The van der Waals surface area contributed by atoms with E-state index in [1.807, 2.05) is 0 Å². The summed E-state index contributed by atoms with van der Waals surface area (Å²) in [7, 11) is -3.84. The van der Waals surface area contributed by atoms with Crippen LogP contribution in [-0.2, 0) is 20.1 Å². The van der Waals surface area contributed by atoms with Gasteiger partial charge in [0.25, 0.3) is 10.1 Å². The number of benzene rings is 1. The number of thiazole rings is 1. The highest BCUT2D eigenvalue weighted by Gasteiger charge is 2.17. The summed E-state index contributed by atoms with van der Waals surface area (Å²) < 4.78 is 55.8. The van der Waals surface area contributed by atoms with Crippen LogP contribution in [0.15, 0.2) is 29.6 Å². The normalized spacial score (nSPS) is 11.6. The third-order valence-electron chi connectivity index (χ3n) is 3.41. The van der Waals surface area contributed by atoms with E-state index in [1.54, 1.807) is 19.2 Å². The lowest BCUT2D eigenvalue weighted by atomic mass is 10.3. The maximum Gasteiger partial charge on any atom is 0.273 e. The van der Waals surface area contributed by atoms with Gasteiger partial charge in [-0.15, -0.1) is 11.3 Å². The van der Waals surface area contributed by atoms with Crippen molar-refractivity contribution in [2.24, 2.45) is 0 Å². The van der Waals surface area contributed by atoms with Gasteiger partial charge in [0.15, 0.2) is 10.8 Å². The van der Waals surface area contributed by atoms with Crippen LogP contribution in [0.1, 0.15) is 18.3 Å². The Morgan fingerprint density at radius 3 is 2.61 bits per heavy atom. The van der Waals surface area contributed by atoms with Crippen molar-refractivity contribution in [3.05, 3.63) is 52.7 Å². The molecule has 0 aliphatic rings. The summed E-state index contributed by atoms with van der Waals surface area (Å²) in [6.45, 7) is 3.36. The zero-order valence-electron chi connectivity index (χ0n) is 14.9. The lowest BCUT2D eigenvalue weighted by molar-refractivity contribution is 0.337. The van der Waals surface area contributed by atoms with E-state index in [0.717, 1.165) is 17.8 Å². The Kier molecular flexibility index (Phi) is 5.96. The van der Waals surface area contributed by atoms with Crippen LogP contribution >= 0.6 is 11.3 Å². The first-order valence-corrected chi connectivity index (χ1v) is 10.6. The first kappa shape index (κ1) is 20.2. The minimum atomic E-state index is -3.84. The number of nitrogens with zero attached hydrogens (tertiary/aromatic N) is 3. The Morgan fingerprint density at radius 1 is 1.18 bits per heavy atom. The van der Waals surface area contributed by atoms with Gasteiger partial charge in [0.05, 0.1) is 18.0 Å². The number of aryl methyl sites for hydroxylation is 1. The summed E-state index contributed by atoms with van der Waals surface area (Å²) in [6.07, 6.45) is 0. The zero-order valence-corrected chi connectivity index (χ0v) is 16.6. The van der Waals surface area contributed by atoms with Gasteiger partial charge in [-0.25, -0.2) is 23.7 Å². The van der Waals surface area contributed by atoms with E-state index in [4.69, 9.17) is 4.18 Å². The lowest BCUT2D eigenvalue weighted by Gasteiger charge is -2.10. The van der Waals surface area contributed by atoms with Gasteiger partial charge in [-0.2, -0.15) is 8.42 Å². The second-order valence-corrected chi connectivity index (χ2v) is 8.22. The van der Waals surface area contributed by atoms with Crippen molar-refractivity contribution in [3.8, 4) is 10.8 Å². The van der Waals surface area contributed by atoms with Crippen molar-refractivity contribution in [3.63, 3.8) is 0 Å². The molecule has 148 valence electrons. The monoisotopic (exact) mass is 426 g/mol. The van der Waals surface area contributed by atoms with Gasteiger partial charge in [-0.1, -0.05) is 0 Å². The Labute approximate surface area is 164 Å². The molecule has 0 bridgehead atoms. The molecule has 0 amide bonds. The second kappa shape index (κ2) is 8.25. The first-order chi connectivity index (χ1) is 13.3. The van der Waals surface area contributed by atoms with Crippen LogP contribution in [0.5, 0.6) is 0 Å². The second-order valence-electron chi connectivity index (χ2n) is 5.72. The molecule has 3 rings (SSSR count). The van der Waals surface area contributed by atoms with E-state index in [-0.39, 0.29) is 29.6 Å². The minimum absolute atomic E-state index is 0.00214. The van der Waals surface area contributed by atoms with E-state index in [1.165, 1.54) is 23.5 Å². The molecular weight excluding hydrogens is 410 g/mol. The predicted octanol–water partition coefficient (Wildman–Crippen LogP) is 3.80. The molecule has 28 heavy (non-hydrogen) atoms. The van der Waals surface area contributed by atoms with Gasteiger partial charge in [0, 0.05) is 23.2 Å². The number of aromatic nitrogens is 3. The van der Waals surface area contributed by atoms with Gasteiger partial charge in [0.2, 0.25) is 0 Å². The Balaban J connectivity index is 2.01. The maximum atomic E-state index is 14.0. The molecule has 3 aromatic rings. The molecule has 0 unspecified atom stereocenters. The highest BCUT2D eigenvalue weighted by molar-refractivity contribution is 7.85. The smallest absolute Gasteiger partial charge is 0.273 e. The summed E-state index contributed by atoms with van der Waals surface area (Å²) in [6, 6.07) is 4.41. The highest BCUT2D eigenvalue weighted by atomic mass is 32.2. The molecule has 0 aliphatic carbocycles. The van der Waals surface area contributed by atoms with Crippen LogP contribution in [0.25, 0.3) is 10.8 Å². The van der Waals surface area contributed by atoms with Crippen molar-refractivity contribution in [2.75, 3.05) is 11.9 Å². The van der Waals surface area contributed by atoms with Gasteiger partial charge < -0.3 is 5.32 Å². The molecule has 0 saturated carbocycles. The van der Waals surface area contributed by atoms with Crippen LogP contribution in [0, 0.1) is 18.6 Å². The predicted molar refractivity (Wildman–Crippen MR) is 102 cm³/mol. The zero-order chi connectivity index (χ0) is 20.3. The lowest BCUT2D eigenvalue weighted by Crippen LogP contribution is -2.11. The molecule has 0 aliphatic heterocycles. The summed E-state index contributed by atoms with van der Waals surface area (Å²) in [5.74, 6) is -1.68. The van der Waals surface area contributed by atoms with E-state index in [2.05, 4.69) is 20.3 Å². The highest BCUT2D eigenvalue weighted by Crippen LogP contribution is 2.25. The van der Waals surface area contributed by atoms with Crippen molar-refractivity contribution in [1.82, 2.24) is 15.0 Å². The van der Waals surface area contributed by atoms with E-state index in [9.17, 15) is 17.2 Å². The number of hydrogen-bond acceptors (Lipinski definition) is 8. The van der Waals surface area contributed by atoms with E-state index in [0.29, 0.717) is 5.01 Å². The van der Waals surface area contributed by atoms with Crippen LogP contribution in [0.4, 0.5) is 20.3 Å². The molecule has 0 saturated heterocycles. The molecule has 2 aromatic heterocycles. The average Bonchev–Trinajstić information content (AvgIpc) is 3.03. The van der Waals surface area contributed by atoms with Crippen molar-refractivity contribution in [1.29, 1.82) is 0 Å². The fourth-order valence-corrected chi connectivity index (χ4v) is 4.00. The first-order valence-electron chi connectivity index (χ1n) is 8.15. The fraction of sp³-hybridized carbons (Fsp3) is 0.235. The molecule has 7 nitrogen and oxygen atoms in total. The molecule has 0 atom stereocenters. The van der Waals surface area contributed by atoms with Crippen molar-refractivity contribution < 1.29 is 21.4 Å². The van der Waals surface area contributed by atoms with Crippen LogP contribution in [-0.4, -0.2) is 30.0 Å². The summed E-state index contributed by atoms with van der Waals surface area (Å²) in [5.41, 5.74) is 0.895. The molecule has 1 aromatic carbocycles. The Hall–Kier alpha value is -2.50. The molecule has 2 heterocycles. The Morgan fingerprint density at radius 2 is 1.96 bits per heavy atom. The number of halogens is 2. The van der Waals surface area contributed by atoms with E-state index < -0.39 is 27.5 Å². The topological polar surface area (TPSA) is 94.1 Å². The average molecular weight is 426 g/mol. The molecule has 1 N–H and O–H groups in total. The molecule has 11 heteroatoms. The SMILES string of the molecule is CCOS(=O)(=O)Cc1cc(Nc2ccc(F)cc2F)nc(-c2nc(C)cs2)n1. The maximum absolute atomic E-state index is 14.0. The molecule has 0 spiro atoms. The van der Waals surface area contributed by atoms with Crippen LogP contribution < -0.4 is 5.32 Å². The molecule has 0 fully saturated rings. The van der Waals surface area contributed by atoms with Crippen molar-refractivity contribution in [2.45, 2.75) is 19.6 Å². The van der Waals surface area contributed by atoms with Gasteiger partial charge in [-0.3, -0.25) is 4.18 Å². The van der Waals surface area contributed by atoms with Gasteiger partial charge in [0.1, 0.15) is 23.2 Å². The fourth-order valence-electron chi connectivity index (χ4n) is 2.32. The van der Waals surface area contributed by atoms with Gasteiger partial charge >= 0.3 is 0 Å². The molecular formula is C17H16F2N4O3S2. The summed E-state index contributed by atoms with van der Waals surface area (Å²) in [5, 5.41) is 5.01. The molecule has 0 radical (unpaired) electrons. The third-order valence-corrected chi connectivity index (χ3v) is 5.61. The largest absolute Gasteiger partial charge is 0.338 e. The summed E-state index contributed by atoms with van der Waals surface area (Å²) in [4.78, 5) is 12.8. The minimum Gasteiger partial charge on any atom is -0.338 e. The van der Waals surface area contributed by atoms with Crippen molar-refractivity contribution >= 4 is 33.0 Å². The van der Waals surface area contributed by atoms with E-state index >= 15 is 0 Å². The standard InChI is InChI=1S/C17H16F2N4O3S2/c1-3-26-28(24,25)9-12-7-15(22-14-5-4-11(18)6-13(14)19)23-16(21-12)17-20-10(2)8-27-17/h4-8H,3,9H2,1-2H3,(H,21,22,23). The Bertz CT molecular complexity index is 1100. The number of anilines is 2. The number of nitrogens with one attached hydrogen (secondary N) is 1. The number of rotatable bonds is 7. The van der Waals surface area contributed by atoms with Gasteiger partial charge in [-0.05, 0) is 26.0 Å². The summed E-state index contributed by atoms with van der Waals surface area (Å²) >= 11 is 1.29. The van der Waals surface area contributed by atoms with Crippen LogP contribution in [0.2, 0.25) is 0 Å².